The van der Waals surface area contributed by atoms with E-state index in [0.717, 1.165) is 25.9 Å². The second-order valence-corrected chi connectivity index (χ2v) is 7.53. The molecule has 24 heavy (non-hydrogen) atoms. The van der Waals surface area contributed by atoms with E-state index in [2.05, 4.69) is 32.7 Å². The van der Waals surface area contributed by atoms with Crippen molar-refractivity contribution in [3.63, 3.8) is 0 Å². The van der Waals surface area contributed by atoms with Gasteiger partial charge in [-0.15, -0.1) is 0 Å². The number of nitrogens with zero attached hydrogens (tertiary/aromatic N) is 2. The second kappa shape index (κ2) is 7.34. The van der Waals surface area contributed by atoms with E-state index in [1.165, 1.54) is 4.57 Å². The molecule has 2 rings (SSSR count). The predicted octanol–water partition coefficient (Wildman–Crippen LogP) is 1.25. The molecular formula is C17H28N4O3. The summed E-state index contributed by atoms with van der Waals surface area (Å²) in [6, 6.07) is 0.00308. The number of aromatic nitrogens is 2. The van der Waals surface area contributed by atoms with Crippen LogP contribution in [-0.2, 0) is 0 Å². The number of Topliss-reactive ketones (excluding diaryl/α,β-unsaturated/α-hetero) is 1. The first-order valence-electron chi connectivity index (χ1n) is 8.60. The fourth-order valence-corrected chi connectivity index (χ4v) is 3.05. The van der Waals surface area contributed by atoms with Crippen LogP contribution in [0.4, 0.5) is 5.82 Å². The number of carbonyl (C=O) groups is 1. The molecule has 7 heteroatoms. The highest BCUT2D eigenvalue weighted by Gasteiger charge is 2.30. The Morgan fingerprint density at radius 1 is 1.21 bits per heavy atom. The lowest BCUT2D eigenvalue weighted by atomic mass is 10.1. The number of carbonyl (C=O) groups excluding carboxylic acids is 1. The molecule has 0 atom stereocenters. The zero-order valence-electron chi connectivity index (χ0n) is 15.0. The van der Waals surface area contributed by atoms with E-state index in [-0.39, 0.29) is 29.8 Å². The Labute approximate surface area is 141 Å². The summed E-state index contributed by atoms with van der Waals surface area (Å²) in [5, 5.41) is 0. The third kappa shape index (κ3) is 4.35. The van der Waals surface area contributed by atoms with Gasteiger partial charge in [0.05, 0.1) is 6.54 Å². The molecule has 1 fully saturated rings. The molecule has 7 nitrogen and oxygen atoms in total. The minimum Gasteiger partial charge on any atom is -0.384 e. The third-order valence-corrected chi connectivity index (χ3v) is 3.99. The maximum absolute atomic E-state index is 12.7. The first kappa shape index (κ1) is 18.4. The number of nitrogens with two attached hydrogens (primary N) is 1. The number of ketones is 1. The molecule has 0 bridgehead atoms. The summed E-state index contributed by atoms with van der Waals surface area (Å²) in [6.45, 7) is 10.0. The summed E-state index contributed by atoms with van der Waals surface area (Å²) >= 11 is 0. The average Bonchev–Trinajstić information content (AvgIpc) is 3.20. The maximum atomic E-state index is 12.7. The van der Waals surface area contributed by atoms with Gasteiger partial charge in [0.15, 0.2) is 5.78 Å². The van der Waals surface area contributed by atoms with Crippen LogP contribution in [0.15, 0.2) is 9.59 Å². The molecule has 0 amide bonds. The van der Waals surface area contributed by atoms with Crippen molar-refractivity contribution in [2.75, 3.05) is 25.4 Å². The van der Waals surface area contributed by atoms with Gasteiger partial charge >= 0.3 is 5.69 Å². The summed E-state index contributed by atoms with van der Waals surface area (Å²) in [6.07, 6.45) is 1.69. The Balaban J connectivity index is 2.29. The summed E-state index contributed by atoms with van der Waals surface area (Å²) in [7, 11) is 0. The van der Waals surface area contributed by atoms with Crippen molar-refractivity contribution in [3.8, 4) is 0 Å². The number of hydrogen-bond donors (Lipinski definition) is 2. The van der Waals surface area contributed by atoms with Crippen LogP contribution in [0.5, 0.6) is 0 Å². The highest BCUT2D eigenvalue weighted by molar-refractivity contribution is 6.01. The van der Waals surface area contributed by atoms with Crippen molar-refractivity contribution in [1.82, 2.24) is 14.5 Å². The molecule has 0 spiro atoms. The minimum atomic E-state index is -0.687. The number of aromatic amines is 1. The van der Waals surface area contributed by atoms with E-state index < -0.39 is 11.2 Å². The Morgan fingerprint density at radius 3 is 2.21 bits per heavy atom. The first-order valence-corrected chi connectivity index (χ1v) is 8.60. The van der Waals surface area contributed by atoms with Gasteiger partial charge in [0.1, 0.15) is 11.4 Å². The van der Waals surface area contributed by atoms with E-state index >= 15 is 0 Å². The molecule has 0 saturated heterocycles. The van der Waals surface area contributed by atoms with E-state index in [0.29, 0.717) is 11.8 Å². The Bertz CT molecular complexity index is 704. The second-order valence-electron chi connectivity index (χ2n) is 7.53. The smallest absolute Gasteiger partial charge is 0.330 e. The monoisotopic (exact) mass is 336 g/mol. The molecule has 0 radical (unpaired) electrons. The van der Waals surface area contributed by atoms with Crippen LogP contribution in [0.25, 0.3) is 0 Å². The lowest BCUT2D eigenvalue weighted by Gasteiger charge is -2.25. The summed E-state index contributed by atoms with van der Waals surface area (Å²) < 4.78 is 1.35. The fraction of sp³-hybridized carbons (Fsp3) is 0.706. The molecule has 1 aliphatic carbocycles. The van der Waals surface area contributed by atoms with Crippen LogP contribution in [0, 0.1) is 11.8 Å². The van der Waals surface area contributed by atoms with Crippen molar-refractivity contribution in [3.05, 3.63) is 26.4 Å². The van der Waals surface area contributed by atoms with E-state index in [4.69, 9.17) is 5.73 Å². The Kier molecular flexibility index (Phi) is 5.64. The zero-order valence-corrected chi connectivity index (χ0v) is 15.0. The number of nitrogen functional groups attached to an aromatic ring is 1. The molecule has 1 aromatic heterocycles. The van der Waals surface area contributed by atoms with E-state index in [9.17, 15) is 14.4 Å². The fourth-order valence-electron chi connectivity index (χ4n) is 3.05. The number of hydrogen-bond acceptors (Lipinski definition) is 5. The standard InChI is InChI=1S/C17H28N4O3/c1-10(2)7-20(8-11(3)4)9-13(22)14-15(18)21(12-5-6-12)17(24)19-16(14)23/h10-12H,5-9,18H2,1-4H3,(H,19,23,24). The van der Waals surface area contributed by atoms with Gasteiger partial charge in [-0.1, -0.05) is 27.7 Å². The highest BCUT2D eigenvalue weighted by Crippen LogP contribution is 2.35. The average molecular weight is 336 g/mol. The lowest BCUT2D eigenvalue weighted by molar-refractivity contribution is 0.0911. The van der Waals surface area contributed by atoms with Gasteiger partial charge in [0.25, 0.3) is 5.56 Å². The number of rotatable bonds is 8. The Morgan fingerprint density at radius 2 is 1.75 bits per heavy atom. The van der Waals surface area contributed by atoms with Crippen LogP contribution < -0.4 is 17.0 Å². The van der Waals surface area contributed by atoms with E-state index in [1.54, 1.807) is 0 Å². The van der Waals surface area contributed by atoms with E-state index in [1.807, 2.05) is 4.90 Å². The van der Waals surface area contributed by atoms with Crippen LogP contribution in [0.3, 0.4) is 0 Å². The molecule has 0 aromatic carbocycles. The third-order valence-electron chi connectivity index (χ3n) is 3.99. The SMILES string of the molecule is CC(C)CN(CC(=O)c1c(N)n(C2CC2)c(=O)[nH]c1=O)CC(C)C. The zero-order chi connectivity index (χ0) is 18.0. The molecule has 1 saturated carbocycles. The van der Waals surface area contributed by atoms with Crippen molar-refractivity contribution in [2.24, 2.45) is 11.8 Å². The summed E-state index contributed by atoms with van der Waals surface area (Å²) in [4.78, 5) is 41.1. The van der Waals surface area contributed by atoms with Gasteiger partial charge in [-0.3, -0.25) is 24.0 Å². The topological polar surface area (TPSA) is 101 Å². The lowest BCUT2D eigenvalue weighted by Crippen LogP contribution is -2.40. The molecule has 1 aromatic rings. The first-order chi connectivity index (χ1) is 11.2. The number of H-pyrrole nitrogens is 1. The van der Waals surface area contributed by atoms with Crippen molar-refractivity contribution >= 4 is 11.6 Å². The number of nitrogens with one attached hydrogen (secondary N) is 1. The largest absolute Gasteiger partial charge is 0.384 e. The van der Waals surface area contributed by atoms with Crippen molar-refractivity contribution < 1.29 is 4.79 Å². The van der Waals surface area contributed by atoms with Crippen LogP contribution >= 0.6 is 0 Å². The van der Waals surface area contributed by atoms with Gasteiger partial charge in [0, 0.05) is 19.1 Å². The quantitative estimate of drug-likeness (QED) is 0.696. The molecule has 0 aliphatic heterocycles. The van der Waals surface area contributed by atoms with Gasteiger partial charge in [0.2, 0.25) is 0 Å². The summed E-state index contributed by atoms with van der Waals surface area (Å²) in [5.41, 5.74) is 4.71. The minimum absolute atomic E-state index is 0.00308. The van der Waals surface area contributed by atoms with Gasteiger partial charge < -0.3 is 5.73 Å². The molecule has 1 heterocycles. The molecule has 0 unspecified atom stereocenters. The molecule has 3 N–H and O–H groups in total. The number of anilines is 1. The molecule has 1 aliphatic rings. The van der Waals surface area contributed by atoms with Crippen LogP contribution in [0.1, 0.15) is 56.9 Å². The van der Waals surface area contributed by atoms with Gasteiger partial charge in [-0.2, -0.15) is 0 Å². The normalized spacial score (nSPS) is 14.8. The van der Waals surface area contributed by atoms with Crippen molar-refractivity contribution in [1.29, 1.82) is 0 Å². The molecular weight excluding hydrogens is 308 g/mol. The highest BCUT2D eigenvalue weighted by atomic mass is 16.2. The summed E-state index contributed by atoms with van der Waals surface area (Å²) in [5.74, 6) is 0.495. The van der Waals surface area contributed by atoms with Gasteiger partial charge in [-0.05, 0) is 24.7 Å². The van der Waals surface area contributed by atoms with Crippen LogP contribution in [0.2, 0.25) is 0 Å². The van der Waals surface area contributed by atoms with Gasteiger partial charge in [-0.25, -0.2) is 4.79 Å². The predicted molar refractivity (Wildman–Crippen MR) is 94.5 cm³/mol. The maximum Gasteiger partial charge on any atom is 0.330 e. The van der Waals surface area contributed by atoms with Crippen molar-refractivity contribution in [2.45, 2.75) is 46.6 Å². The Hall–Kier alpha value is -1.89. The molecule has 134 valence electrons. The van der Waals surface area contributed by atoms with Crippen LogP contribution in [-0.4, -0.2) is 39.9 Å².